The highest BCUT2D eigenvalue weighted by atomic mass is 35.5. The molecular formula is C20H20ClN3O2. The van der Waals surface area contributed by atoms with Gasteiger partial charge in [0.25, 0.3) is 0 Å². The number of hydrogen-bond donors (Lipinski definition) is 1. The van der Waals surface area contributed by atoms with Crippen LogP contribution in [0.1, 0.15) is 18.4 Å². The Morgan fingerprint density at radius 1 is 1.12 bits per heavy atom. The molecule has 1 N–H and O–H groups in total. The molecule has 26 heavy (non-hydrogen) atoms. The number of anilines is 1. The van der Waals surface area contributed by atoms with E-state index in [1.54, 1.807) is 23.1 Å². The summed E-state index contributed by atoms with van der Waals surface area (Å²) in [5.41, 5.74) is 0.991. The number of halogens is 1. The number of rotatable bonds is 4. The Labute approximate surface area is 157 Å². The molecule has 2 heterocycles. The summed E-state index contributed by atoms with van der Waals surface area (Å²) in [5, 5.41) is 3.33. The van der Waals surface area contributed by atoms with Crippen LogP contribution in [-0.2, 0) is 9.59 Å². The molecule has 1 aliphatic heterocycles. The lowest BCUT2D eigenvalue weighted by Gasteiger charge is -2.30. The van der Waals surface area contributed by atoms with Gasteiger partial charge < -0.3 is 10.2 Å². The SMILES string of the molecule is O=C(Nc1ccc(Cl)cn1)C1CCN(C(=O)/C=C/c2ccccc2)CC1. The van der Waals surface area contributed by atoms with E-state index in [1.807, 2.05) is 36.4 Å². The second-order valence-corrected chi connectivity index (χ2v) is 6.63. The van der Waals surface area contributed by atoms with E-state index in [0.29, 0.717) is 36.8 Å². The van der Waals surface area contributed by atoms with Crippen LogP contribution >= 0.6 is 11.6 Å². The van der Waals surface area contributed by atoms with E-state index in [4.69, 9.17) is 11.6 Å². The average molecular weight is 370 g/mol. The predicted molar refractivity (Wildman–Crippen MR) is 103 cm³/mol. The van der Waals surface area contributed by atoms with Crippen molar-refractivity contribution in [3.05, 3.63) is 65.3 Å². The molecule has 3 rings (SSSR count). The topological polar surface area (TPSA) is 62.3 Å². The number of piperidine rings is 1. The molecule has 0 radical (unpaired) electrons. The first-order chi connectivity index (χ1) is 12.6. The van der Waals surface area contributed by atoms with Crippen molar-refractivity contribution in [3.8, 4) is 0 Å². The Balaban J connectivity index is 1.49. The summed E-state index contributed by atoms with van der Waals surface area (Å²) < 4.78 is 0. The van der Waals surface area contributed by atoms with E-state index in [-0.39, 0.29) is 17.7 Å². The minimum Gasteiger partial charge on any atom is -0.339 e. The molecule has 1 aliphatic rings. The zero-order valence-electron chi connectivity index (χ0n) is 14.3. The van der Waals surface area contributed by atoms with Crippen LogP contribution in [-0.4, -0.2) is 34.8 Å². The third-order valence-corrected chi connectivity index (χ3v) is 4.60. The molecule has 0 saturated carbocycles. The lowest BCUT2D eigenvalue weighted by Crippen LogP contribution is -2.40. The highest BCUT2D eigenvalue weighted by molar-refractivity contribution is 6.30. The van der Waals surface area contributed by atoms with Crippen molar-refractivity contribution in [2.45, 2.75) is 12.8 Å². The molecule has 1 saturated heterocycles. The Morgan fingerprint density at radius 2 is 1.85 bits per heavy atom. The molecule has 5 nitrogen and oxygen atoms in total. The maximum Gasteiger partial charge on any atom is 0.246 e. The molecule has 1 fully saturated rings. The molecule has 1 aromatic heterocycles. The van der Waals surface area contributed by atoms with E-state index >= 15 is 0 Å². The molecule has 134 valence electrons. The number of aromatic nitrogens is 1. The van der Waals surface area contributed by atoms with Gasteiger partial charge >= 0.3 is 0 Å². The number of nitrogens with one attached hydrogen (secondary N) is 1. The van der Waals surface area contributed by atoms with Gasteiger partial charge in [-0.1, -0.05) is 41.9 Å². The molecular weight excluding hydrogens is 350 g/mol. The van der Waals surface area contributed by atoms with E-state index < -0.39 is 0 Å². The van der Waals surface area contributed by atoms with Gasteiger partial charge in [0, 0.05) is 31.3 Å². The lowest BCUT2D eigenvalue weighted by atomic mass is 9.96. The third-order valence-electron chi connectivity index (χ3n) is 4.37. The van der Waals surface area contributed by atoms with Crippen molar-refractivity contribution in [2.75, 3.05) is 18.4 Å². The van der Waals surface area contributed by atoms with Crippen LogP contribution in [0.3, 0.4) is 0 Å². The first kappa shape index (κ1) is 18.1. The maximum atomic E-state index is 12.3. The fourth-order valence-corrected chi connectivity index (χ4v) is 2.99. The number of nitrogens with zero attached hydrogens (tertiary/aromatic N) is 2. The molecule has 0 bridgehead atoms. The van der Waals surface area contributed by atoms with E-state index in [0.717, 1.165) is 5.56 Å². The van der Waals surface area contributed by atoms with Gasteiger partial charge in [0.15, 0.2) is 0 Å². The molecule has 0 spiro atoms. The van der Waals surface area contributed by atoms with E-state index in [9.17, 15) is 9.59 Å². The smallest absolute Gasteiger partial charge is 0.246 e. The van der Waals surface area contributed by atoms with Crippen molar-refractivity contribution >= 4 is 35.3 Å². The van der Waals surface area contributed by atoms with Gasteiger partial charge in [-0.15, -0.1) is 0 Å². The largest absolute Gasteiger partial charge is 0.339 e. The fourth-order valence-electron chi connectivity index (χ4n) is 2.88. The monoisotopic (exact) mass is 369 g/mol. The molecule has 2 aromatic rings. The molecule has 2 amide bonds. The number of carbonyl (C=O) groups is 2. The summed E-state index contributed by atoms with van der Waals surface area (Å²) in [6.45, 7) is 1.15. The number of pyridine rings is 1. The van der Waals surface area contributed by atoms with Crippen molar-refractivity contribution in [3.63, 3.8) is 0 Å². The molecule has 0 unspecified atom stereocenters. The second-order valence-electron chi connectivity index (χ2n) is 6.19. The standard InChI is InChI=1S/C20H20ClN3O2/c21-17-7-8-18(22-14-17)23-20(26)16-10-12-24(13-11-16)19(25)9-6-15-4-2-1-3-5-15/h1-9,14,16H,10-13H2,(H,22,23,26)/b9-6+. The van der Waals surface area contributed by atoms with Gasteiger partial charge in [-0.05, 0) is 36.6 Å². The van der Waals surface area contributed by atoms with Crippen molar-refractivity contribution < 1.29 is 9.59 Å². The number of amides is 2. The van der Waals surface area contributed by atoms with Crippen LogP contribution in [0.25, 0.3) is 6.08 Å². The highest BCUT2D eigenvalue weighted by Gasteiger charge is 2.26. The first-order valence-electron chi connectivity index (χ1n) is 8.56. The van der Waals surface area contributed by atoms with Gasteiger partial charge in [-0.25, -0.2) is 4.98 Å². The van der Waals surface area contributed by atoms with E-state index in [2.05, 4.69) is 10.3 Å². The summed E-state index contributed by atoms with van der Waals surface area (Å²) in [5.74, 6) is 0.289. The van der Waals surface area contributed by atoms with Crippen LogP contribution < -0.4 is 5.32 Å². The number of benzene rings is 1. The number of hydrogen-bond acceptors (Lipinski definition) is 3. The molecule has 1 aromatic carbocycles. The van der Waals surface area contributed by atoms with Gasteiger partial charge in [0.05, 0.1) is 5.02 Å². The zero-order valence-corrected chi connectivity index (χ0v) is 15.0. The third kappa shape index (κ3) is 4.92. The van der Waals surface area contributed by atoms with Crippen molar-refractivity contribution in [2.24, 2.45) is 5.92 Å². The summed E-state index contributed by atoms with van der Waals surface area (Å²) >= 11 is 5.79. The van der Waals surface area contributed by atoms with Crippen LogP contribution in [0.2, 0.25) is 5.02 Å². The normalized spacial score (nSPS) is 15.2. The predicted octanol–water partition coefficient (Wildman–Crippen LogP) is 3.63. The molecule has 0 atom stereocenters. The highest BCUT2D eigenvalue weighted by Crippen LogP contribution is 2.20. The summed E-state index contributed by atoms with van der Waals surface area (Å²) in [4.78, 5) is 30.5. The second kappa shape index (κ2) is 8.63. The maximum absolute atomic E-state index is 12.3. The average Bonchev–Trinajstić information content (AvgIpc) is 2.69. The lowest BCUT2D eigenvalue weighted by molar-refractivity contribution is -0.130. The Hall–Kier alpha value is -2.66. The van der Waals surface area contributed by atoms with Crippen LogP contribution in [0.4, 0.5) is 5.82 Å². The van der Waals surface area contributed by atoms with Crippen LogP contribution in [0.5, 0.6) is 0 Å². The molecule has 6 heteroatoms. The van der Waals surface area contributed by atoms with Crippen LogP contribution in [0, 0.1) is 5.92 Å². The summed E-state index contributed by atoms with van der Waals surface area (Å²) in [7, 11) is 0. The number of carbonyl (C=O) groups excluding carboxylic acids is 2. The van der Waals surface area contributed by atoms with Crippen LogP contribution in [0.15, 0.2) is 54.7 Å². The first-order valence-corrected chi connectivity index (χ1v) is 8.94. The zero-order chi connectivity index (χ0) is 18.4. The Kier molecular flexibility index (Phi) is 6.02. The number of likely N-dealkylation sites (tertiary alicyclic amines) is 1. The van der Waals surface area contributed by atoms with Gasteiger partial charge in [-0.3, -0.25) is 9.59 Å². The molecule has 0 aliphatic carbocycles. The quantitative estimate of drug-likeness (QED) is 0.837. The summed E-state index contributed by atoms with van der Waals surface area (Å²) in [6, 6.07) is 13.1. The minimum absolute atomic E-state index is 0.0212. The van der Waals surface area contributed by atoms with Gasteiger partial charge in [-0.2, -0.15) is 0 Å². The Morgan fingerprint density at radius 3 is 2.50 bits per heavy atom. The van der Waals surface area contributed by atoms with E-state index in [1.165, 1.54) is 6.20 Å². The van der Waals surface area contributed by atoms with Gasteiger partial charge in [0.2, 0.25) is 11.8 Å². The summed E-state index contributed by atoms with van der Waals surface area (Å²) in [6.07, 6.45) is 6.19. The van der Waals surface area contributed by atoms with Gasteiger partial charge in [0.1, 0.15) is 5.82 Å². The fraction of sp³-hybridized carbons (Fsp3) is 0.250. The minimum atomic E-state index is -0.116. The van der Waals surface area contributed by atoms with Crippen molar-refractivity contribution in [1.29, 1.82) is 0 Å². The Bertz CT molecular complexity index is 782. The van der Waals surface area contributed by atoms with Crippen molar-refractivity contribution in [1.82, 2.24) is 9.88 Å².